The third-order valence-corrected chi connectivity index (χ3v) is 3.01. The van der Waals surface area contributed by atoms with Crippen LogP contribution < -0.4 is 0 Å². The highest BCUT2D eigenvalue weighted by molar-refractivity contribution is 5.17. The molecule has 1 heterocycles. The van der Waals surface area contributed by atoms with Crippen molar-refractivity contribution in [1.29, 1.82) is 0 Å². The molecule has 0 amide bonds. The van der Waals surface area contributed by atoms with Crippen LogP contribution in [-0.2, 0) is 15.9 Å². The zero-order chi connectivity index (χ0) is 10.6. The summed E-state index contributed by atoms with van der Waals surface area (Å²) in [5, 5.41) is 0. The van der Waals surface area contributed by atoms with Gasteiger partial charge in [0, 0.05) is 6.42 Å². The fraction of sp³-hybridized carbons (Fsp3) is 0.538. The molecule has 82 valence electrons. The molecule has 0 aliphatic carbocycles. The highest BCUT2D eigenvalue weighted by Crippen LogP contribution is 2.25. The van der Waals surface area contributed by atoms with Gasteiger partial charge in [-0.15, -0.1) is 0 Å². The molecule has 0 aromatic heterocycles. The summed E-state index contributed by atoms with van der Waals surface area (Å²) in [6, 6.07) is 10.5. The Morgan fingerprint density at radius 2 is 2.00 bits per heavy atom. The summed E-state index contributed by atoms with van der Waals surface area (Å²) >= 11 is 0. The van der Waals surface area contributed by atoms with E-state index in [1.807, 2.05) is 6.07 Å². The summed E-state index contributed by atoms with van der Waals surface area (Å²) in [4.78, 5) is 0. The molecule has 1 fully saturated rings. The number of benzene rings is 1. The van der Waals surface area contributed by atoms with Gasteiger partial charge in [-0.05, 0) is 12.0 Å². The summed E-state index contributed by atoms with van der Waals surface area (Å²) in [6.45, 7) is 4.34. The lowest BCUT2D eigenvalue weighted by atomic mass is 9.92. The molecule has 1 aromatic carbocycles. The van der Waals surface area contributed by atoms with E-state index < -0.39 is 0 Å². The van der Waals surface area contributed by atoms with E-state index >= 15 is 0 Å². The molecule has 1 saturated heterocycles. The van der Waals surface area contributed by atoms with E-state index in [2.05, 4.69) is 31.2 Å². The highest BCUT2D eigenvalue weighted by atomic mass is 16.6. The topological polar surface area (TPSA) is 18.5 Å². The van der Waals surface area contributed by atoms with Crippen LogP contribution in [0.15, 0.2) is 30.3 Å². The van der Waals surface area contributed by atoms with Gasteiger partial charge >= 0.3 is 0 Å². The van der Waals surface area contributed by atoms with Gasteiger partial charge in [-0.2, -0.15) is 0 Å². The van der Waals surface area contributed by atoms with E-state index in [1.165, 1.54) is 5.56 Å². The molecule has 0 N–H and O–H groups in total. The molecule has 1 aromatic rings. The van der Waals surface area contributed by atoms with Crippen LogP contribution in [0, 0.1) is 0 Å². The molecule has 0 saturated carbocycles. The molecular weight excluding hydrogens is 188 g/mol. The first-order chi connectivity index (χ1) is 7.35. The van der Waals surface area contributed by atoms with Gasteiger partial charge in [-0.25, -0.2) is 0 Å². The van der Waals surface area contributed by atoms with Gasteiger partial charge in [-0.1, -0.05) is 37.3 Å². The van der Waals surface area contributed by atoms with Crippen LogP contribution in [0.1, 0.15) is 18.9 Å². The van der Waals surface area contributed by atoms with E-state index in [9.17, 15) is 0 Å². The van der Waals surface area contributed by atoms with Crippen molar-refractivity contribution in [2.75, 3.05) is 19.8 Å². The lowest BCUT2D eigenvalue weighted by Crippen LogP contribution is -2.44. The Balaban J connectivity index is 2.07. The van der Waals surface area contributed by atoms with Gasteiger partial charge in [0.1, 0.15) is 0 Å². The van der Waals surface area contributed by atoms with Crippen molar-refractivity contribution in [3.63, 3.8) is 0 Å². The van der Waals surface area contributed by atoms with E-state index in [0.29, 0.717) is 0 Å². The minimum atomic E-state index is -0.0976. The molecular formula is C13H18O2. The van der Waals surface area contributed by atoms with E-state index in [-0.39, 0.29) is 5.60 Å². The number of hydrogen-bond acceptors (Lipinski definition) is 2. The van der Waals surface area contributed by atoms with Crippen LogP contribution in [0.4, 0.5) is 0 Å². The van der Waals surface area contributed by atoms with Crippen molar-refractivity contribution in [1.82, 2.24) is 0 Å². The fourth-order valence-electron chi connectivity index (χ4n) is 2.02. The smallest absolute Gasteiger partial charge is 0.0953 e. The maximum atomic E-state index is 5.89. The minimum absolute atomic E-state index is 0.0976. The van der Waals surface area contributed by atoms with Gasteiger partial charge < -0.3 is 9.47 Å². The lowest BCUT2D eigenvalue weighted by molar-refractivity contribution is -0.157. The summed E-state index contributed by atoms with van der Waals surface area (Å²) in [5.41, 5.74) is 1.23. The Morgan fingerprint density at radius 1 is 1.20 bits per heavy atom. The first kappa shape index (κ1) is 10.7. The predicted molar refractivity (Wildman–Crippen MR) is 59.9 cm³/mol. The fourth-order valence-corrected chi connectivity index (χ4v) is 2.02. The van der Waals surface area contributed by atoms with Gasteiger partial charge in [0.15, 0.2) is 0 Å². The zero-order valence-electron chi connectivity index (χ0n) is 9.24. The van der Waals surface area contributed by atoms with Gasteiger partial charge in [0.05, 0.1) is 25.4 Å². The Bertz CT molecular complexity index is 289. The number of rotatable bonds is 3. The van der Waals surface area contributed by atoms with E-state index in [1.54, 1.807) is 0 Å². The predicted octanol–water partition coefficient (Wildman–Crippen LogP) is 2.42. The molecule has 2 rings (SSSR count). The Morgan fingerprint density at radius 3 is 2.60 bits per heavy atom. The Hall–Kier alpha value is -0.860. The Kier molecular flexibility index (Phi) is 3.39. The number of ether oxygens (including phenoxy) is 2. The lowest BCUT2D eigenvalue weighted by Gasteiger charge is -2.36. The van der Waals surface area contributed by atoms with Crippen molar-refractivity contribution < 1.29 is 9.47 Å². The molecule has 2 heteroatoms. The van der Waals surface area contributed by atoms with Crippen LogP contribution in [-0.4, -0.2) is 25.4 Å². The molecule has 1 atom stereocenters. The van der Waals surface area contributed by atoms with Crippen molar-refractivity contribution in [2.24, 2.45) is 0 Å². The van der Waals surface area contributed by atoms with Crippen LogP contribution in [0.25, 0.3) is 0 Å². The summed E-state index contributed by atoms with van der Waals surface area (Å²) < 4.78 is 11.4. The Labute approximate surface area is 91.2 Å². The molecule has 1 aliphatic rings. The third-order valence-electron chi connectivity index (χ3n) is 3.01. The molecule has 2 nitrogen and oxygen atoms in total. The average molecular weight is 206 g/mol. The van der Waals surface area contributed by atoms with Crippen LogP contribution >= 0.6 is 0 Å². The van der Waals surface area contributed by atoms with Crippen molar-refractivity contribution in [3.05, 3.63) is 35.9 Å². The molecule has 1 aliphatic heterocycles. The van der Waals surface area contributed by atoms with Gasteiger partial charge in [-0.3, -0.25) is 0 Å². The second-order valence-corrected chi connectivity index (χ2v) is 4.10. The standard InChI is InChI=1S/C13H18O2/c1-2-13(11-14-8-9-15-13)10-12-6-4-3-5-7-12/h3-7H,2,8-11H2,1H3. The molecule has 1 unspecified atom stereocenters. The quantitative estimate of drug-likeness (QED) is 0.756. The first-order valence-electron chi connectivity index (χ1n) is 5.60. The van der Waals surface area contributed by atoms with Gasteiger partial charge in [0.25, 0.3) is 0 Å². The van der Waals surface area contributed by atoms with Crippen molar-refractivity contribution >= 4 is 0 Å². The zero-order valence-corrected chi connectivity index (χ0v) is 9.24. The molecule has 0 bridgehead atoms. The second-order valence-electron chi connectivity index (χ2n) is 4.10. The molecule has 15 heavy (non-hydrogen) atoms. The third kappa shape index (κ3) is 2.58. The second kappa shape index (κ2) is 4.77. The average Bonchev–Trinajstić information content (AvgIpc) is 2.32. The van der Waals surface area contributed by atoms with E-state index in [0.717, 1.165) is 32.7 Å². The summed E-state index contributed by atoms with van der Waals surface area (Å²) in [6.07, 6.45) is 1.95. The monoisotopic (exact) mass is 206 g/mol. The molecule has 0 spiro atoms. The minimum Gasteiger partial charge on any atom is -0.376 e. The maximum absolute atomic E-state index is 5.89. The van der Waals surface area contributed by atoms with Crippen molar-refractivity contribution in [2.45, 2.75) is 25.4 Å². The highest BCUT2D eigenvalue weighted by Gasteiger charge is 2.32. The number of hydrogen-bond donors (Lipinski definition) is 0. The first-order valence-corrected chi connectivity index (χ1v) is 5.60. The van der Waals surface area contributed by atoms with Crippen LogP contribution in [0.2, 0.25) is 0 Å². The summed E-state index contributed by atoms with van der Waals surface area (Å²) in [7, 11) is 0. The maximum Gasteiger partial charge on any atom is 0.0953 e. The van der Waals surface area contributed by atoms with E-state index in [4.69, 9.17) is 9.47 Å². The largest absolute Gasteiger partial charge is 0.376 e. The molecule has 0 radical (unpaired) electrons. The SMILES string of the molecule is CCC1(Cc2ccccc2)COCCO1. The van der Waals surface area contributed by atoms with Crippen molar-refractivity contribution in [3.8, 4) is 0 Å². The van der Waals surface area contributed by atoms with Gasteiger partial charge in [0.2, 0.25) is 0 Å². The normalized spacial score (nSPS) is 26.5. The van der Waals surface area contributed by atoms with Crippen LogP contribution in [0.5, 0.6) is 0 Å². The summed E-state index contributed by atoms with van der Waals surface area (Å²) in [5.74, 6) is 0. The van der Waals surface area contributed by atoms with Crippen LogP contribution in [0.3, 0.4) is 0 Å².